The Morgan fingerprint density at radius 1 is 0.339 bits per heavy atom. The number of rotatable bonds is 44. The first-order valence-electron chi connectivity index (χ1n) is 43.6. The molecule has 4 saturated heterocycles. The van der Waals surface area contributed by atoms with E-state index in [9.17, 15) is 10.5 Å². The molecule has 0 spiro atoms. The quantitative estimate of drug-likeness (QED) is 0.00996. The molecule has 0 aromatic rings. The highest BCUT2D eigenvalue weighted by Gasteiger charge is 2.47. The lowest BCUT2D eigenvalue weighted by Gasteiger charge is -2.39. The second-order valence-electron chi connectivity index (χ2n) is 36.2. The van der Waals surface area contributed by atoms with Gasteiger partial charge in [0.2, 0.25) is 0 Å². The molecule has 32 heteroatoms. The molecule has 8 rings (SSSR count). The summed E-state index contributed by atoms with van der Waals surface area (Å²) >= 11 is 0. The molecule has 0 atom stereocenters. The fourth-order valence-electron chi connectivity index (χ4n) is 17.4. The van der Waals surface area contributed by atoms with E-state index in [0.29, 0.717) is 179 Å². The molecule has 4 heterocycles. The van der Waals surface area contributed by atoms with Crippen LogP contribution in [0.2, 0.25) is 0 Å². The average Bonchev–Trinajstić information content (AvgIpc) is 1.59. The highest BCUT2D eigenvalue weighted by atomic mass is 16.6. The van der Waals surface area contributed by atoms with Gasteiger partial charge in [-0.3, -0.25) is 28.8 Å². The number of carbonyl (C=O) groups excluding carboxylic acids is 8. The first-order chi connectivity index (χ1) is 57.9. The monoisotopic (exact) mass is 1680 g/mol. The molecule has 0 saturated carbocycles. The van der Waals surface area contributed by atoms with Crippen LogP contribution in [0.3, 0.4) is 0 Å². The van der Waals surface area contributed by atoms with Gasteiger partial charge in [-0.05, 0) is 175 Å². The van der Waals surface area contributed by atoms with Crippen molar-refractivity contribution in [2.24, 2.45) is 27.1 Å². The number of carbonyl (C=O) groups is 8. The Balaban J connectivity index is 1.34. The predicted octanol–water partition coefficient (Wildman–Crippen LogP) is 4.51. The highest BCUT2D eigenvalue weighted by molar-refractivity contribution is 6.06. The van der Waals surface area contributed by atoms with Crippen LogP contribution >= 0.6 is 0 Å². The summed E-state index contributed by atoms with van der Waals surface area (Å²) in [4.78, 5) is 139. The zero-order chi connectivity index (χ0) is 87.9. The van der Waals surface area contributed by atoms with Crippen molar-refractivity contribution in [1.29, 1.82) is 10.5 Å². The van der Waals surface area contributed by atoms with Crippen molar-refractivity contribution in [3.05, 3.63) is 113 Å². The Labute approximate surface area is 717 Å². The van der Waals surface area contributed by atoms with E-state index in [-0.39, 0.29) is 96.4 Å². The van der Waals surface area contributed by atoms with Crippen LogP contribution in [0.15, 0.2) is 89.9 Å². The molecular formula is C89H136N20O12. The van der Waals surface area contributed by atoms with Crippen molar-refractivity contribution >= 4 is 47.5 Å². The first-order valence-corrected chi connectivity index (χ1v) is 43.6. The van der Waals surface area contributed by atoms with Crippen molar-refractivity contribution in [1.82, 2.24) is 83.4 Å². The topological polar surface area (TPSA) is 387 Å². The van der Waals surface area contributed by atoms with Gasteiger partial charge in [0, 0.05) is 180 Å². The van der Waals surface area contributed by atoms with Gasteiger partial charge < -0.3 is 102 Å². The summed E-state index contributed by atoms with van der Waals surface area (Å²) in [5.41, 5.74) is -3.64. The Morgan fingerprint density at radius 3 is 0.777 bits per heavy atom. The molecule has 4 aliphatic carbocycles. The van der Waals surface area contributed by atoms with Crippen LogP contribution in [-0.4, -0.2) is 279 Å². The molecule has 121 heavy (non-hydrogen) atoms. The number of likely N-dealkylation sites (tertiary alicyclic amines) is 4. The minimum Gasteiger partial charge on any atom is -0.470 e. The fourth-order valence-corrected chi connectivity index (χ4v) is 17.4. The summed E-state index contributed by atoms with van der Waals surface area (Å²) in [6, 6.07) is 4.20. The van der Waals surface area contributed by atoms with E-state index < -0.39 is 124 Å². The van der Waals surface area contributed by atoms with E-state index in [4.69, 9.17) is 32.1 Å². The molecule has 4 fully saturated rings. The summed E-state index contributed by atoms with van der Waals surface area (Å²) < 4.78 is 25.8. The molecule has 0 bridgehead atoms. The van der Waals surface area contributed by atoms with Gasteiger partial charge in [0.1, 0.15) is 55.1 Å². The Morgan fingerprint density at radius 2 is 0.554 bits per heavy atom. The number of hydrogen-bond donors (Lipinski definition) is 12. The maximum absolute atomic E-state index is 15.8. The number of likely N-dealkylation sites (N-methyl/N-ethyl adjacent to an activating group) is 4. The lowest BCUT2D eigenvalue weighted by atomic mass is 9.72. The molecule has 664 valence electrons. The summed E-state index contributed by atoms with van der Waals surface area (Å²) in [5.74, 6) is -7.18. The van der Waals surface area contributed by atoms with Gasteiger partial charge >= 0.3 is 23.9 Å². The summed E-state index contributed by atoms with van der Waals surface area (Å²) in [6.07, 6.45) is 8.55. The van der Waals surface area contributed by atoms with Crippen LogP contribution in [0.4, 0.5) is 0 Å². The first kappa shape index (κ1) is 97.0. The normalized spacial score (nSPS) is 20.6. The highest BCUT2D eigenvalue weighted by Crippen LogP contribution is 2.50. The summed E-state index contributed by atoms with van der Waals surface area (Å²) in [6.45, 7) is 41.9. The number of esters is 4. The number of allylic oxidation sites excluding steroid dienone is 4. The minimum absolute atomic E-state index is 0.0477. The van der Waals surface area contributed by atoms with Gasteiger partial charge in [-0.15, -0.1) is 0 Å². The molecule has 4 amide bonds. The second-order valence-corrected chi connectivity index (χ2v) is 36.2. The molecule has 0 aromatic heterocycles. The molecule has 0 radical (unpaired) electrons. The third kappa shape index (κ3) is 27.3. The van der Waals surface area contributed by atoms with E-state index in [1.807, 2.05) is 83.6 Å². The van der Waals surface area contributed by atoms with Crippen molar-refractivity contribution in [2.75, 3.05) is 212 Å². The van der Waals surface area contributed by atoms with Crippen molar-refractivity contribution in [2.45, 2.75) is 158 Å². The Bertz CT molecular complexity index is 3640. The molecule has 0 unspecified atom stereocenters. The molecule has 0 aromatic carbocycles. The van der Waals surface area contributed by atoms with Crippen LogP contribution in [0, 0.1) is 62.9 Å². The minimum atomic E-state index is -2.36. The average molecular weight is 1680 g/mol. The fraction of sp³-hybridized carbons (Fsp3) is 0.685. The lowest BCUT2D eigenvalue weighted by molar-refractivity contribution is -0.165. The largest absolute Gasteiger partial charge is 0.470 e. The van der Waals surface area contributed by atoms with E-state index in [0.717, 1.165) is 51.4 Å². The van der Waals surface area contributed by atoms with E-state index in [1.165, 1.54) is 0 Å². The van der Waals surface area contributed by atoms with Crippen LogP contribution in [0.25, 0.3) is 9.69 Å². The van der Waals surface area contributed by atoms with E-state index >= 15 is 38.4 Å². The van der Waals surface area contributed by atoms with Crippen LogP contribution in [0.1, 0.15) is 158 Å². The Kier molecular flexibility index (Phi) is 37.4. The molecule has 4 aliphatic heterocycles. The van der Waals surface area contributed by atoms with Crippen molar-refractivity contribution < 1.29 is 57.3 Å². The van der Waals surface area contributed by atoms with Crippen molar-refractivity contribution in [3.63, 3.8) is 0 Å². The third-order valence-electron chi connectivity index (χ3n) is 23.4. The Hall–Kier alpha value is -9.48. The van der Waals surface area contributed by atoms with Crippen LogP contribution in [0.5, 0.6) is 0 Å². The van der Waals surface area contributed by atoms with Crippen LogP contribution < -0.4 is 63.8 Å². The number of nitrogens with one attached hydrogen (secondary N) is 12. The SMILES string of the molecule is [C-]#[N+]/C(C(=O)OCC(COC(=O)/C(C#N)=C1\CC(C)(C)CC(N2CCCC2)=C1C(=O)NCCNCCNC)(COC(=O)/C(C#N)=C1\CC(C)(C)CC(N2CCCC2)=C1C(=O)NCCNCCNC)COC(=O)/C([N+]#[C-])=C1/CC(C)(C)CC(N2CCCC2)=C1C(=O)NCCNCCNC)=C1/CC(C)(C)CC(N2CCCC2)=C1C(=O)NCCNCCNC. The molecule has 32 nitrogen and oxygen atoms in total. The molecular weight excluding hydrogens is 1540 g/mol. The van der Waals surface area contributed by atoms with Crippen molar-refractivity contribution in [3.8, 4) is 12.1 Å². The van der Waals surface area contributed by atoms with E-state index in [1.54, 1.807) is 0 Å². The predicted molar refractivity (Wildman–Crippen MR) is 461 cm³/mol. The number of amides is 4. The standard InChI is InChI=1S/C89H136N20O12/c1-85(2)47-61(71(67(51-85)106-39-15-16-40-106)77(110)102-35-31-98-27-23-92-9)65(55-90)81(114)118-57-89(58-119-82(115)66(56-91)62-48-86(3,4)52-68(107-41-17-18-42-107)72(62)78(111)103-36-32-99-28-24-93-10,59-120-83(116)75(96-13)63-49-87(5,6)53-69(108-43-19-20-44-108)73(63)79(112)104-37-33-100-29-25-94-11)60-121-84(117)76(97-14)64-50-88(7,8)54-70(109-45-21-22-46-109)74(64)80(113)105-38-34-101-30-26-95-12/h92-95,98-101H,15-54,57-60H2,1-12H3,(H,102,110)(H,103,111)(H,104,112)(H,105,113)/b65-61+,66-62+,75-63-,76-64+. The third-order valence-corrected chi connectivity index (χ3v) is 23.4. The van der Waals surface area contributed by atoms with Crippen LogP contribution in [-0.2, 0) is 57.3 Å². The van der Waals surface area contributed by atoms with E-state index in [2.05, 4.69) is 105 Å². The zero-order valence-electron chi connectivity index (χ0n) is 74.1. The zero-order valence-corrected chi connectivity index (χ0v) is 74.1. The molecule has 8 aliphatic rings. The van der Waals surface area contributed by atoms with Gasteiger partial charge in [-0.2, -0.15) is 10.5 Å². The van der Waals surface area contributed by atoms with Gasteiger partial charge in [0.05, 0.1) is 35.4 Å². The lowest BCUT2D eigenvalue weighted by Crippen LogP contribution is -2.45. The number of nitrogens with zero attached hydrogens (tertiary/aromatic N) is 8. The van der Waals surface area contributed by atoms with Gasteiger partial charge in [0.15, 0.2) is 0 Å². The summed E-state index contributed by atoms with van der Waals surface area (Å²) in [5, 5.41) is 60.8. The maximum Gasteiger partial charge on any atom is 0.349 e. The van der Waals surface area contributed by atoms with Gasteiger partial charge in [0.25, 0.3) is 35.0 Å². The summed E-state index contributed by atoms with van der Waals surface area (Å²) in [7, 11) is 7.33. The number of hydrogen-bond acceptors (Lipinski definition) is 26. The molecule has 12 N–H and O–H groups in total. The smallest absolute Gasteiger partial charge is 0.349 e. The number of ether oxygens (including phenoxy) is 4. The maximum atomic E-state index is 15.8. The van der Waals surface area contributed by atoms with Gasteiger partial charge in [-0.25, -0.2) is 19.3 Å². The van der Waals surface area contributed by atoms with Gasteiger partial charge in [-0.1, -0.05) is 55.4 Å². The second kappa shape index (κ2) is 46.7. The number of nitriles is 2.